The van der Waals surface area contributed by atoms with Gasteiger partial charge in [-0.1, -0.05) is 63.1 Å². The average Bonchev–Trinajstić information content (AvgIpc) is 2.45. The second kappa shape index (κ2) is 13.0. The fourth-order valence-electron chi connectivity index (χ4n) is 2.79. The molecule has 0 aliphatic carbocycles. The molecule has 0 rings (SSSR count). The molecule has 0 aliphatic heterocycles. The van der Waals surface area contributed by atoms with Gasteiger partial charge in [0.2, 0.25) is 0 Å². The number of hydrogen-bond donors (Lipinski definition) is 1. The Bertz CT molecular complexity index is 450. The normalized spacial score (nSPS) is 12.8. The number of allylic oxidation sites excluding steroid dienone is 7. The van der Waals surface area contributed by atoms with Crippen LogP contribution in [0.2, 0.25) is 0 Å². The van der Waals surface area contributed by atoms with E-state index in [0.717, 1.165) is 12.2 Å². The molecule has 0 atom stereocenters. The van der Waals surface area contributed by atoms with Crippen molar-refractivity contribution in [1.29, 1.82) is 0 Å². The Morgan fingerprint density at radius 1 is 1.04 bits per heavy atom. The van der Waals surface area contributed by atoms with Crippen molar-refractivity contribution in [3.63, 3.8) is 0 Å². The van der Waals surface area contributed by atoms with Crippen molar-refractivity contribution >= 4 is 0 Å². The second-order valence-electron chi connectivity index (χ2n) is 6.49. The van der Waals surface area contributed by atoms with E-state index in [1.807, 2.05) is 13.0 Å². The van der Waals surface area contributed by atoms with E-state index in [0.29, 0.717) is 5.92 Å². The Balaban J connectivity index is 4.92. The van der Waals surface area contributed by atoms with E-state index in [1.165, 1.54) is 42.4 Å². The SMILES string of the molecule is C=C(/C=C(C)\C=C/C)NC/C=C(\C=C(C)C)C(CCC)CCC. The van der Waals surface area contributed by atoms with Crippen LogP contribution >= 0.6 is 0 Å². The molecule has 0 heterocycles. The van der Waals surface area contributed by atoms with Crippen LogP contribution in [0.4, 0.5) is 0 Å². The van der Waals surface area contributed by atoms with E-state index >= 15 is 0 Å². The van der Waals surface area contributed by atoms with Crippen molar-refractivity contribution in [1.82, 2.24) is 5.32 Å². The first kappa shape index (κ1) is 21.5. The maximum absolute atomic E-state index is 4.09. The van der Waals surface area contributed by atoms with Gasteiger partial charge < -0.3 is 5.32 Å². The van der Waals surface area contributed by atoms with Gasteiger partial charge in [0, 0.05) is 12.2 Å². The smallest absolute Gasteiger partial charge is 0.0336 e. The van der Waals surface area contributed by atoms with Crippen LogP contribution in [0.15, 0.2) is 59.4 Å². The molecule has 1 N–H and O–H groups in total. The van der Waals surface area contributed by atoms with E-state index in [1.54, 1.807) is 0 Å². The minimum atomic E-state index is 0.676. The molecular formula is C22H37N. The highest BCUT2D eigenvalue weighted by molar-refractivity contribution is 5.28. The van der Waals surface area contributed by atoms with Gasteiger partial charge in [-0.15, -0.1) is 0 Å². The quantitative estimate of drug-likeness (QED) is 0.417. The minimum absolute atomic E-state index is 0.676. The Kier molecular flexibility index (Phi) is 12.1. The predicted molar refractivity (Wildman–Crippen MR) is 107 cm³/mol. The van der Waals surface area contributed by atoms with Gasteiger partial charge in [0.1, 0.15) is 0 Å². The topological polar surface area (TPSA) is 12.0 Å². The molecule has 0 fully saturated rings. The van der Waals surface area contributed by atoms with Crippen molar-refractivity contribution in [2.45, 2.75) is 67.2 Å². The fourth-order valence-corrected chi connectivity index (χ4v) is 2.79. The zero-order valence-electron chi connectivity index (χ0n) is 16.2. The van der Waals surface area contributed by atoms with Crippen LogP contribution < -0.4 is 5.32 Å². The largest absolute Gasteiger partial charge is 0.382 e. The molecule has 1 heteroatoms. The summed E-state index contributed by atoms with van der Waals surface area (Å²) in [5, 5.41) is 3.40. The Hall–Kier alpha value is -1.50. The lowest BCUT2D eigenvalue weighted by molar-refractivity contribution is 0.510. The fraction of sp³-hybridized carbons (Fsp3) is 0.545. The first-order valence-corrected chi connectivity index (χ1v) is 9.03. The number of hydrogen-bond acceptors (Lipinski definition) is 1. The first-order valence-electron chi connectivity index (χ1n) is 9.03. The lowest BCUT2D eigenvalue weighted by Gasteiger charge is -2.18. The van der Waals surface area contributed by atoms with E-state index < -0.39 is 0 Å². The zero-order chi connectivity index (χ0) is 17.7. The van der Waals surface area contributed by atoms with Crippen molar-refractivity contribution in [3.05, 3.63) is 59.4 Å². The predicted octanol–water partition coefficient (Wildman–Crippen LogP) is 6.72. The number of nitrogens with one attached hydrogen (secondary N) is 1. The van der Waals surface area contributed by atoms with Gasteiger partial charge in [-0.2, -0.15) is 0 Å². The maximum Gasteiger partial charge on any atom is 0.0336 e. The molecule has 0 saturated carbocycles. The Morgan fingerprint density at radius 2 is 1.65 bits per heavy atom. The average molecular weight is 316 g/mol. The minimum Gasteiger partial charge on any atom is -0.382 e. The lowest BCUT2D eigenvalue weighted by atomic mass is 9.88. The standard InChI is InChI=1S/C22H37N/c1-8-11-19(6)17-20(7)23-15-14-22(16-18(4)5)21(12-9-2)13-10-3/h8,11,14,16-17,21,23H,7,9-10,12-13,15H2,1-6H3/b11-8-,19-17-,22-14+. The summed E-state index contributed by atoms with van der Waals surface area (Å²) in [6.07, 6.45) is 15.9. The van der Waals surface area contributed by atoms with Crippen LogP contribution in [-0.2, 0) is 0 Å². The first-order chi connectivity index (χ1) is 10.9. The highest BCUT2D eigenvalue weighted by Gasteiger charge is 2.10. The van der Waals surface area contributed by atoms with Crippen LogP contribution in [0.3, 0.4) is 0 Å². The molecule has 0 bridgehead atoms. The molecule has 0 amide bonds. The Morgan fingerprint density at radius 3 is 2.13 bits per heavy atom. The van der Waals surface area contributed by atoms with Crippen LogP contribution in [-0.4, -0.2) is 6.54 Å². The van der Waals surface area contributed by atoms with Gasteiger partial charge in [-0.25, -0.2) is 0 Å². The van der Waals surface area contributed by atoms with E-state index in [9.17, 15) is 0 Å². The molecule has 0 aromatic rings. The molecule has 0 aromatic heterocycles. The zero-order valence-corrected chi connectivity index (χ0v) is 16.2. The van der Waals surface area contributed by atoms with E-state index in [2.05, 4.69) is 70.8 Å². The summed E-state index contributed by atoms with van der Waals surface area (Å²) >= 11 is 0. The molecule has 23 heavy (non-hydrogen) atoms. The third-order valence-corrected chi connectivity index (χ3v) is 3.70. The second-order valence-corrected chi connectivity index (χ2v) is 6.49. The summed E-state index contributed by atoms with van der Waals surface area (Å²) in [6.45, 7) is 18.0. The molecular weight excluding hydrogens is 278 g/mol. The van der Waals surface area contributed by atoms with Gasteiger partial charge >= 0.3 is 0 Å². The molecule has 0 saturated heterocycles. The van der Waals surface area contributed by atoms with Crippen LogP contribution in [0.5, 0.6) is 0 Å². The third-order valence-electron chi connectivity index (χ3n) is 3.70. The van der Waals surface area contributed by atoms with Crippen molar-refractivity contribution in [3.8, 4) is 0 Å². The summed E-state index contributed by atoms with van der Waals surface area (Å²) in [4.78, 5) is 0. The molecule has 0 aromatic carbocycles. The summed E-state index contributed by atoms with van der Waals surface area (Å²) in [5.74, 6) is 0.676. The van der Waals surface area contributed by atoms with Gasteiger partial charge in [-0.3, -0.25) is 0 Å². The highest BCUT2D eigenvalue weighted by Crippen LogP contribution is 2.24. The molecule has 1 nitrogen and oxygen atoms in total. The summed E-state index contributed by atoms with van der Waals surface area (Å²) < 4.78 is 0. The van der Waals surface area contributed by atoms with Crippen LogP contribution in [0.25, 0.3) is 0 Å². The van der Waals surface area contributed by atoms with Crippen LogP contribution in [0, 0.1) is 5.92 Å². The van der Waals surface area contributed by atoms with Crippen molar-refractivity contribution in [2.24, 2.45) is 5.92 Å². The summed E-state index contributed by atoms with van der Waals surface area (Å²) in [5.41, 5.74) is 5.03. The van der Waals surface area contributed by atoms with Gasteiger partial charge in [0.25, 0.3) is 0 Å². The monoisotopic (exact) mass is 315 g/mol. The molecule has 0 unspecified atom stereocenters. The maximum atomic E-state index is 4.09. The van der Waals surface area contributed by atoms with Crippen LogP contribution in [0.1, 0.15) is 67.2 Å². The van der Waals surface area contributed by atoms with Crippen molar-refractivity contribution < 1.29 is 0 Å². The van der Waals surface area contributed by atoms with Gasteiger partial charge in [-0.05, 0) is 63.7 Å². The highest BCUT2D eigenvalue weighted by atomic mass is 14.9. The molecule has 0 spiro atoms. The number of rotatable bonds is 11. The molecule has 0 aliphatic rings. The summed E-state index contributed by atoms with van der Waals surface area (Å²) in [6, 6.07) is 0. The third kappa shape index (κ3) is 10.8. The van der Waals surface area contributed by atoms with Gasteiger partial charge in [0.15, 0.2) is 0 Å². The molecule has 130 valence electrons. The summed E-state index contributed by atoms with van der Waals surface area (Å²) in [7, 11) is 0. The molecule has 0 radical (unpaired) electrons. The Labute approximate surface area is 145 Å². The van der Waals surface area contributed by atoms with Gasteiger partial charge in [0.05, 0.1) is 0 Å². The lowest BCUT2D eigenvalue weighted by Crippen LogP contribution is -2.13. The van der Waals surface area contributed by atoms with E-state index in [4.69, 9.17) is 0 Å². The van der Waals surface area contributed by atoms with E-state index in [-0.39, 0.29) is 0 Å². The van der Waals surface area contributed by atoms with Crippen molar-refractivity contribution in [2.75, 3.05) is 6.54 Å².